The average molecular weight is 427 g/mol. The highest BCUT2D eigenvalue weighted by molar-refractivity contribution is 5.96. The third-order valence-corrected chi connectivity index (χ3v) is 5.81. The smallest absolute Gasteiger partial charge is 0.255 e. The number of carbonyl (C=O) groups is 1. The molecule has 0 saturated carbocycles. The Labute approximate surface area is 185 Å². The Kier molecular flexibility index (Phi) is 8.74. The summed E-state index contributed by atoms with van der Waals surface area (Å²) in [7, 11) is 3.84. The Hall–Kier alpha value is -2.57. The van der Waals surface area contributed by atoms with E-state index in [1.54, 1.807) is 13.2 Å². The van der Waals surface area contributed by atoms with Crippen LogP contribution in [0.3, 0.4) is 0 Å². The van der Waals surface area contributed by atoms with Crippen LogP contribution >= 0.6 is 0 Å². The van der Waals surface area contributed by atoms with E-state index in [-0.39, 0.29) is 11.9 Å². The zero-order valence-corrected chi connectivity index (χ0v) is 18.8. The number of benzene rings is 2. The van der Waals surface area contributed by atoms with E-state index in [1.807, 2.05) is 37.3 Å². The number of likely N-dealkylation sites (tertiary alicyclic amines) is 1. The van der Waals surface area contributed by atoms with E-state index in [0.29, 0.717) is 43.6 Å². The lowest BCUT2D eigenvalue weighted by Gasteiger charge is -2.39. The van der Waals surface area contributed by atoms with Crippen LogP contribution in [0.25, 0.3) is 0 Å². The highest BCUT2D eigenvalue weighted by atomic mass is 16.5. The molecular formula is C25H34N2O4. The summed E-state index contributed by atoms with van der Waals surface area (Å²) in [5.41, 5.74) is 1.81. The number of carbonyl (C=O) groups excluding carboxylic acids is 1. The van der Waals surface area contributed by atoms with Gasteiger partial charge in [0.05, 0.1) is 19.3 Å². The van der Waals surface area contributed by atoms with Crippen molar-refractivity contribution in [2.75, 3.05) is 47.1 Å². The Bertz CT molecular complexity index is 825. The Morgan fingerprint density at radius 1 is 1.13 bits per heavy atom. The number of nitrogens with zero attached hydrogens (tertiary/aromatic N) is 1. The van der Waals surface area contributed by atoms with Crippen molar-refractivity contribution in [3.63, 3.8) is 0 Å². The van der Waals surface area contributed by atoms with Gasteiger partial charge in [-0.05, 0) is 69.1 Å². The van der Waals surface area contributed by atoms with E-state index in [9.17, 15) is 4.79 Å². The molecule has 3 rings (SSSR count). The SMILES string of the molecule is CCOCCOc1ccccc1C(=O)NCC1CCCN(C)C1c1ccc(OC)cc1. The van der Waals surface area contributed by atoms with Crippen molar-refractivity contribution in [2.45, 2.75) is 25.8 Å². The molecule has 0 radical (unpaired) electrons. The molecule has 0 aromatic heterocycles. The van der Waals surface area contributed by atoms with Gasteiger partial charge in [-0.25, -0.2) is 0 Å². The van der Waals surface area contributed by atoms with E-state index < -0.39 is 0 Å². The second-order valence-electron chi connectivity index (χ2n) is 7.85. The third-order valence-electron chi connectivity index (χ3n) is 5.81. The van der Waals surface area contributed by atoms with Gasteiger partial charge in [-0.1, -0.05) is 24.3 Å². The van der Waals surface area contributed by atoms with Crippen molar-refractivity contribution in [2.24, 2.45) is 5.92 Å². The predicted molar refractivity (Wildman–Crippen MR) is 122 cm³/mol. The van der Waals surface area contributed by atoms with Crippen LogP contribution in [0.2, 0.25) is 0 Å². The fourth-order valence-corrected chi connectivity index (χ4v) is 4.26. The molecule has 2 unspecified atom stereocenters. The number of para-hydroxylation sites is 1. The van der Waals surface area contributed by atoms with E-state index >= 15 is 0 Å². The normalized spacial score (nSPS) is 19.1. The summed E-state index contributed by atoms with van der Waals surface area (Å²) < 4.78 is 16.4. The number of nitrogens with one attached hydrogen (secondary N) is 1. The minimum atomic E-state index is -0.103. The van der Waals surface area contributed by atoms with Gasteiger partial charge in [-0.15, -0.1) is 0 Å². The van der Waals surface area contributed by atoms with E-state index in [1.165, 1.54) is 5.56 Å². The standard InChI is InChI=1S/C25H34N2O4/c1-4-30-16-17-31-23-10-6-5-9-22(23)25(28)26-18-20-8-7-15-27(2)24(20)19-11-13-21(29-3)14-12-19/h5-6,9-14,20,24H,4,7-8,15-18H2,1-3H3,(H,26,28). The van der Waals surface area contributed by atoms with Crippen LogP contribution in [-0.2, 0) is 4.74 Å². The summed E-state index contributed by atoms with van der Waals surface area (Å²) in [5, 5.41) is 3.15. The summed E-state index contributed by atoms with van der Waals surface area (Å²) in [5.74, 6) is 1.68. The van der Waals surface area contributed by atoms with Gasteiger partial charge in [-0.2, -0.15) is 0 Å². The summed E-state index contributed by atoms with van der Waals surface area (Å²) in [4.78, 5) is 15.3. The van der Waals surface area contributed by atoms with E-state index in [2.05, 4.69) is 29.4 Å². The maximum absolute atomic E-state index is 13.0. The predicted octanol–water partition coefficient (Wildman–Crippen LogP) is 3.92. The molecule has 1 aliphatic heterocycles. The van der Waals surface area contributed by atoms with Crippen LogP contribution in [0.4, 0.5) is 0 Å². The van der Waals surface area contributed by atoms with Gasteiger partial charge in [-0.3, -0.25) is 9.69 Å². The monoisotopic (exact) mass is 426 g/mol. The van der Waals surface area contributed by atoms with Crippen molar-refractivity contribution >= 4 is 5.91 Å². The molecular weight excluding hydrogens is 392 g/mol. The first-order valence-corrected chi connectivity index (χ1v) is 11.1. The molecule has 0 aliphatic carbocycles. The molecule has 0 bridgehead atoms. The Balaban J connectivity index is 1.65. The van der Waals surface area contributed by atoms with E-state index in [0.717, 1.165) is 25.1 Å². The van der Waals surface area contributed by atoms with Gasteiger partial charge in [0.25, 0.3) is 5.91 Å². The summed E-state index contributed by atoms with van der Waals surface area (Å²) >= 11 is 0. The maximum Gasteiger partial charge on any atom is 0.255 e. The lowest BCUT2D eigenvalue weighted by molar-refractivity contribution is 0.0879. The maximum atomic E-state index is 13.0. The summed E-state index contributed by atoms with van der Waals surface area (Å²) in [6.45, 7) is 5.19. The molecule has 1 saturated heterocycles. The van der Waals surface area contributed by atoms with Gasteiger partial charge in [0, 0.05) is 19.2 Å². The van der Waals surface area contributed by atoms with Crippen LogP contribution < -0.4 is 14.8 Å². The van der Waals surface area contributed by atoms with Crippen molar-refractivity contribution in [1.82, 2.24) is 10.2 Å². The largest absolute Gasteiger partial charge is 0.497 e. The van der Waals surface area contributed by atoms with Gasteiger partial charge >= 0.3 is 0 Å². The van der Waals surface area contributed by atoms with Crippen molar-refractivity contribution in [3.05, 3.63) is 59.7 Å². The zero-order chi connectivity index (χ0) is 22.1. The number of piperidine rings is 1. The molecule has 31 heavy (non-hydrogen) atoms. The van der Waals surface area contributed by atoms with Gasteiger partial charge in [0.15, 0.2) is 0 Å². The van der Waals surface area contributed by atoms with Crippen LogP contribution in [0.1, 0.15) is 41.7 Å². The summed E-state index contributed by atoms with van der Waals surface area (Å²) in [6.07, 6.45) is 2.20. The molecule has 1 N–H and O–H groups in total. The van der Waals surface area contributed by atoms with Crippen molar-refractivity contribution in [3.8, 4) is 11.5 Å². The van der Waals surface area contributed by atoms with E-state index in [4.69, 9.17) is 14.2 Å². The molecule has 1 fully saturated rings. The number of rotatable bonds is 10. The minimum absolute atomic E-state index is 0.103. The van der Waals surface area contributed by atoms with Crippen molar-refractivity contribution in [1.29, 1.82) is 0 Å². The lowest BCUT2D eigenvalue weighted by atomic mass is 9.85. The number of amides is 1. The Morgan fingerprint density at radius 2 is 1.90 bits per heavy atom. The fraction of sp³-hybridized carbons (Fsp3) is 0.480. The highest BCUT2D eigenvalue weighted by Crippen LogP contribution is 2.35. The number of hydrogen-bond acceptors (Lipinski definition) is 5. The minimum Gasteiger partial charge on any atom is -0.497 e. The van der Waals surface area contributed by atoms with Crippen molar-refractivity contribution < 1.29 is 19.0 Å². The quantitative estimate of drug-likeness (QED) is 0.584. The highest BCUT2D eigenvalue weighted by Gasteiger charge is 2.31. The summed E-state index contributed by atoms with van der Waals surface area (Å²) in [6, 6.07) is 15.9. The van der Waals surface area contributed by atoms with Gasteiger partial charge < -0.3 is 19.5 Å². The first-order valence-electron chi connectivity index (χ1n) is 11.1. The van der Waals surface area contributed by atoms with Crippen LogP contribution in [0.5, 0.6) is 11.5 Å². The Morgan fingerprint density at radius 3 is 2.65 bits per heavy atom. The molecule has 0 spiro atoms. The van der Waals surface area contributed by atoms with Crippen LogP contribution in [0.15, 0.2) is 48.5 Å². The fourth-order valence-electron chi connectivity index (χ4n) is 4.26. The zero-order valence-electron chi connectivity index (χ0n) is 18.8. The first-order chi connectivity index (χ1) is 15.1. The molecule has 2 atom stereocenters. The van der Waals surface area contributed by atoms with Crippen LogP contribution in [-0.4, -0.2) is 57.9 Å². The average Bonchev–Trinajstić information content (AvgIpc) is 2.81. The van der Waals surface area contributed by atoms with Crippen LogP contribution in [0, 0.1) is 5.92 Å². The second kappa shape index (κ2) is 11.7. The second-order valence-corrected chi connectivity index (χ2v) is 7.85. The molecule has 168 valence electrons. The third kappa shape index (κ3) is 6.21. The molecule has 1 heterocycles. The topological polar surface area (TPSA) is 60.0 Å². The molecule has 2 aromatic carbocycles. The van der Waals surface area contributed by atoms with Gasteiger partial charge in [0.2, 0.25) is 0 Å². The van der Waals surface area contributed by atoms with Gasteiger partial charge in [0.1, 0.15) is 18.1 Å². The molecule has 6 nitrogen and oxygen atoms in total. The number of methoxy groups -OCH3 is 1. The first kappa shape index (κ1) is 23.1. The molecule has 6 heteroatoms. The number of hydrogen-bond donors (Lipinski definition) is 1. The molecule has 1 aliphatic rings. The number of ether oxygens (including phenoxy) is 3. The molecule has 2 aromatic rings. The molecule has 1 amide bonds. The lowest BCUT2D eigenvalue weighted by Crippen LogP contribution is -2.41.